The summed E-state index contributed by atoms with van der Waals surface area (Å²) in [5, 5.41) is 20.5. The van der Waals surface area contributed by atoms with E-state index in [1.165, 1.54) is 18.3 Å². The van der Waals surface area contributed by atoms with Gasteiger partial charge in [-0.25, -0.2) is 4.39 Å². The summed E-state index contributed by atoms with van der Waals surface area (Å²) in [6.07, 6.45) is 5.70. The molecule has 4 N–H and O–H groups in total. The monoisotopic (exact) mass is 650 g/mol. The first-order valence-electron chi connectivity index (χ1n) is 14.3. The molecule has 3 heterocycles. The van der Waals surface area contributed by atoms with Gasteiger partial charge in [0.15, 0.2) is 0 Å². The molecule has 1 saturated heterocycles. The molecule has 0 spiro atoms. The summed E-state index contributed by atoms with van der Waals surface area (Å²) in [7, 11) is 0. The molecule has 0 saturated carbocycles. The number of hydrogen-bond acceptors (Lipinski definition) is 8. The summed E-state index contributed by atoms with van der Waals surface area (Å²) in [4.78, 5) is 6.92. The Labute approximate surface area is 270 Å². The van der Waals surface area contributed by atoms with Crippen LogP contribution < -0.4 is 21.6 Å². The standard InChI is InChI=1S/C32H30Cl3FN8/c1-2-43-11-9-24(10-12-43)44-18-29(41-42-44)31(19-3-5-21(33)6-4-19)40-23-13-25-30(39-22-7-8-28(36)26(34)14-22)20(16-37)17-38-32(25)27(35)15-23/h3-8,13-15,17-18,24,31,40-42H,2,9-12H2,1H3,(H,38,39)/t31-/m1/s1. The second-order valence-corrected chi connectivity index (χ2v) is 12.0. The summed E-state index contributed by atoms with van der Waals surface area (Å²) in [5.41, 5.74) is 11.1. The van der Waals surface area contributed by atoms with E-state index in [-0.39, 0.29) is 11.1 Å². The summed E-state index contributed by atoms with van der Waals surface area (Å²) >= 11 is 19.0. The predicted molar refractivity (Wildman–Crippen MR) is 175 cm³/mol. The Bertz CT molecular complexity index is 1750. The van der Waals surface area contributed by atoms with Crippen molar-refractivity contribution >= 4 is 62.8 Å². The fourth-order valence-corrected chi connectivity index (χ4v) is 6.22. The zero-order chi connectivity index (χ0) is 30.8. The highest BCUT2D eigenvalue weighted by molar-refractivity contribution is 6.36. The molecule has 1 aromatic heterocycles. The van der Waals surface area contributed by atoms with Gasteiger partial charge in [-0.3, -0.25) is 9.99 Å². The first kappa shape index (κ1) is 30.3. The van der Waals surface area contributed by atoms with Gasteiger partial charge in [0.25, 0.3) is 0 Å². The molecule has 2 aliphatic rings. The topological polar surface area (TPSA) is 91.3 Å². The molecule has 2 aliphatic heterocycles. The number of hydrogen-bond donors (Lipinski definition) is 4. The number of hydrazine groups is 2. The first-order valence-corrected chi connectivity index (χ1v) is 15.5. The van der Waals surface area contributed by atoms with Crippen LogP contribution in [0.5, 0.6) is 0 Å². The van der Waals surface area contributed by atoms with E-state index < -0.39 is 5.82 Å². The van der Waals surface area contributed by atoms with Crippen LogP contribution in [0.1, 0.15) is 36.9 Å². The summed E-state index contributed by atoms with van der Waals surface area (Å²) in [6.45, 7) is 5.40. The third kappa shape index (κ3) is 6.36. The normalized spacial score (nSPS) is 16.4. The number of anilines is 3. The molecule has 0 amide bonds. The Morgan fingerprint density at radius 2 is 1.80 bits per heavy atom. The molecule has 0 bridgehead atoms. The molecular weight excluding hydrogens is 622 g/mol. The largest absolute Gasteiger partial charge is 0.373 e. The molecule has 0 unspecified atom stereocenters. The fraction of sp³-hybridized carbons (Fsp3) is 0.250. The van der Waals surface area contributed by atoms with Crippen LogP contribution >= 0.6 is 34.8 Å². The zero-order valence-corrected chi connectivity index (χ0v) is 26.1. The number of nitriles is 1. The van der Waals surface area contributed by atoms with Gasteiger partial charge in [0.05, 0.1) is 38.6 Å². The van der Waals surface area contributed by atoms with Crippen molar-refractivity contribution in [2.75, 3.05) is 30.3 Å². The molecule has 1 fully saturated rings. The fourth-order valence-electron chi connectivity index (χ4n) is 5.64. The van der Waals surface area contributed by atoms with Gasteiger partial charge < -0.3 is 21.0 Å². The maximum atomic E-state index is 13.8. The van der Waals surface area contributed by atoms with E-state index >= 15 is 0 Å². The number of benzene rings is 3. The van der Waals surface area contributed by atoms with Crippen molar-refractivity contribution < 1.29 is 4.39 Å². The predicted octanol–water partition coefficient (Wildman–Crippen LogP) is 7.75. The lowest BCUT2D eigenvalue weighted by atomic mass is 10.0. The number of pyridine rings is 1. The van der Waals surface area contributed by atoms with Crippen LogP contribution in [0.3, 0.4) is 0 Å². The quantitative estimate of drug-likeness (QED) is 0.154. The maximum absolute atomic E-state index is 13.8. The number of rotatable bonds is 8. The molecule has 0 aliphatic carbocycles. The Morgan fingerprint density at radius 3 is 2.50 bits per heavy atom. The number of fused-ring (bicyclic) bond motifs is 1. The zero-order valence-electron chi connectivity index (χ0n) is 23.8. The SMILES string of the molecule is CCN1CCC(N2C=C([C@H](Nc3cc(Cl)c4ncc(C#N)c(Nc5ccc(F)c(Cl)c5)c4c3)c3ccc(Cl)cc3)NN2)CC1. The van der Waals surface area contributed by atoms with E-state index in [4.69, 9.17) is 34.8 Å². The van der Waals surface area contributed by atoms with Gasteiger partial charge in [0, 0.05) is 53.3 Å². The average Bonchev–Trinajstić information content (AvgIpc) is 3.52. The second-order valence-electron chi connectivity index (χ2n) is 10.8. The van der Waals surface area contributed by atoms with E-state index in [0.717, 1.165) is 43.7 Å². The summed E-state index contributed by atoms with van der Waals surface area (Å²) < 4.78 is 13.8. The average molecular weight is 652 g/mol. The van der Waals surface area contributed by atoms with Gasteiger partial charge in [0.2, 0.25) is 0 Å². The minimum absolute atomic E-state index is 0.0334. The van der Waals surface area contributed by atoms with Gasteiger partial charge in [-0.15, -0.1) is 5.53 Å². The molecule has 44 heavy (non-hydrogen) atoms. The Balaban J connectivity index is 1.36. The minimum Gasteiger partial charge on any atom is -0.373 e. The highest BCUT2D eigenvalue weighted by Gasteiger charge is 2.29. The molecular formula is C32H30Cl3FN8. The highest BCUT2D eigenvalue weighted by atomic mass is 35.5. The lowest BCUT2D eigenvalue weighted by Crippen LogP contribution is -2.48. The number of likely N-dealkylation sites (tertiary alicyclic amines) is 1. The molecule has 4 aromatic rings. The molecule has 1 atom stereocenters. The van der Waals surface area contributed by atoms with Gasteiger partial charge in [-0.1, -0.05) is 53.9 Å². The van der Waals surface area contributed by atoms with E-state index in [0.29, 0.717) is 49.6 Å². The summed E-state index contributed by atoms with van der Waals surface area (Å²) in [6, 6.07) is 17.9. The van der Waals surface area contributed by atoms with Gasteiger partial charge in [0.1, 0.15) is 11.9 Å². The van der Waals surface area contributed by atoms with Crippen molar-refractivity contribution in [3.05, 3.63) is 105 Å². The number of halogens is 4. The third-order valence-corrected chi connectivity index (χ3v) is 8.89. The number of piperidine rings is 1. The third-order valence-electron chi connectivity index (χ3n) is 8.06. The van der Waals surface area contributed by atoms with Crippen LogP contribution in [0.4, 0.5) is 21.5 Å². The van der Waals surface area contributed by atoms with E-state index in [1.54, 1.807) is 6.07 Å². The number of nitrogens with zero attached hydrogens (tertiary/aromatic N) is 4. The Kier molecular flexibility index (Phi) is 8.98. The molecule has 6 rings (SSSR count). The molecule has 12 heteroatoms. The molecule has 226 valence electrons. The lowest BCUT2D eigenvalue weighted by Gasteiger charge is -2.35. The van der Waals surface area contributed by atoms with E-state index in [1.807, 2.05) is 36.4 Å². The minimum atomic E-state index is -0.533. The molecule has 0 radical (unpaired) electrons. The van der Waals surface area contributed by atoms with Crippen molar-refractivity contribution in [3.8, 4) is 6.07 Å². The Hall–Kier alpha value is -3.78. The van der Waals surface area contributed by atoms with E-state index in [2.05, 4.69) is 55.7 Å². The van der Waals surface area contributed by atoms with Crippen molar-refractivity contribution in [3.63, 3.8) is 0 Å². The molecule has 3 aromatic carbocycles. The van der Waals surface area contributed by atoms with Gasteiger partial charge in [-0.2, -0.15) is 5.26 Å². The van der Waals surface area contributed by atoms with Crippen LogP contribution in [0.15, 0.2) is 72.7 Å². The highest BCUT2D eigenvalue weighted by Crippen LogP contribution is 2.37. The first-order chi connectivity index (χ1) is 21.3. The van der Waals surface area contributed by atoms with Crippen LogP contribution in [0.2, 0.25) is 15.1 Å². The van der Waals surface area contributed by atoms with Crippen LogP contribution in [-0.4, -0.2) is 40.6 Å². The smallest absolute Gasteiger partial charge is 0.141 e. The van der Waals surface area contributed by atoms with Gasteiger partial charge in [-0.05, 0) is 67.4 Å². The van der Waals surface area contributed by atoms with Crippen molar-refractivity contribution in [1.29, 1.82) is 5.26 Å². The maximum Gasteiger partial charge on any atom is 0.141 e. The molecule has 8 nitrogen and oxygen atoms in total. The number of nitrogens with one attached hydrogen (secondary N) is 4. The van der Waals surface area contributed by atoms with Gasteiger partial charge >= 0.3 is 0 Å². The van der Waals surface area contributed by atoms with Crippen LogP contribution in [0, 0.1) is 17.1 Å². The van der Waals surface area contributed by atoms with Crippen LogP contribution in [0.25, 0.3) is 10.9 Å². The lowest BCUT2D eigenvalue weighted by molar-refractivity contribution is 0.112. The van der Waals surface area contributed by atoms with E-state index in [9.17, 15) is 9.65 Å². The van der Waals surface area contributed by atoms with Crippen molar-refractivity contribution in [1.82, 2.24) is 25.9 Å². The Morgan fingerprint density at radius 1 is 1.05 bits per heavy atom. The van der Waals surface area contributed by atoms with Crippen molar-refractivity contribution in [2.45, 2.75) is 31.8 Å². The van der Waals surface area contributed by atoms with Crippen LogP contribution in [-0.2, 0) is 0 Å². The summed E-state index contributed by atoms with van der Waals surface area (Å²) in [5.74, 6) is -0.533. The second kappa shape index (κ2) is 13.1. The number of aromatic nitrogens is 1. The van der Waals surface area contributed by atoms with Crippen molar-refractivity contribution in [2.24, 2.45) is 0 Å².